The average molecular weight is 348 g/mol. The molecular weight excluding hydrogens is 314 g/mol. The SMILES string of the molecule is COc1cccc(C(CNC(=O)CC(C)C2CCNCC2)N(C)C)c1. The summed E-state index contributed by atoms with van der Waals surface area (Å²) in [5.41, 5.74) is 1.15. The van der Waals surface area contributed by atoms with Crippen molar-refractivity contribution >= 4 is 5.91 Å². The Labute approximate surface area is 152 Å². The number of nitrogens with zero attached hydrogens (tertiary/aromatic N) is 1. The van der Waals surface area contributed by atoms with E-state index in [0.717, 1.165) is 24.4 Å². The predicted molar refractivity (Wildman–Crippen MR) is 102 cm³/mol. The Bertz CT molecular complexity index is 541. The Balaban J connectivity index is 1.88. The van der Waals surface area contributed by atoms with Gasteiger partial charge in [-0.2, -0.15) is 0 Å². The van der Waals surface area contributed by atoms with Crippen LogP contribution < -0.4 is 15.4 Å². The van der Waals surface area contributed by atoms with Gasteiger partial charge in [0.1, 0.15) is 5.75 Å². The molecular formula is C20H33N3O2. The van der Waals surface area contributed by atoms with Crippen LogP contribution in [0.3, 0.4) is 0 Å². The number of carbonyl (C=O) groups is 1. The third-order valence-electron chi connectivity index (χ3n) is 5.29. The van der Waals surface area contributed by atoms with Gasteiger partial charge in [-0.25, -0.2) is 0 Å². The predicted octanol–water partition coefficient (Wildman–Crippen LogP) is 2.44. The lowest BCUT2D eigenvalue weighted by Crippen LogP contribution is -2.37. The zero-order chi connectivity index (χ0) is 18.2. The summed E-state index contributed by atoms with van der Waals surface area (Å²) >= 11 is 0. The van der Waals surface area contributed by atoms with E-state index in [9.17, 15) is 4.79 Å². The number of ether oxygens (including phenoxy) is 1. The molecule has 1 amide bonds. The summed E-state index contributed by atoms with van der Waals surface area (Å²) < 4.78 is 5.32. The van der Waals surface area contributed by atoms with Crippen LogP contribution in [0, 0.1) is 11.8 Å². The van der Waals surface area contributed by atoms with E-state index >= 15 is 0 Å². The molecule has 1 fully saturated rings. The van der Waals surface area contributed by atoms with Gasteiger partial charge >= 0.3 is 0 Å². The monoisotopic (exact) mass is 347 g/mol. The van der Waals surface area contributed by atoms with Crippen LogP contribution in [0.2, 0.25) is 0 Å². The maximum absolute atomic E-state index is 12.4. The number of carbonyl (C=O) groups excluding carboxylic acids is 1. The van der Waals surface area contributed by atoms with E-state index in [-0.39, 0.29) is 11.9 Å². The first-order chi connectivity index (χ1) is 12.0. The second kappa shape index (κ2) is 9.78. The molecule has 2 rings (SSSR count). The fraction of sp³-hybridized carbons (Fsp3) is 0.650. The van der Waals surface area contributed by atoms with Crippen LogP contribution in [0.15, 0.2) is 24.3 Å². The smallest absolute Gasteiger partial charge is 0.220 e. The molecule has 5 nitrogen and oxygen atoms in total. The second-order valence-corrected chi connectivity index (χ2v) is 7.33. The van der Waals surface area contributed by atoms with Crippen LogP contribution >= 0.6 is 0 Å². The molecule has 1 heterocycles. The Morgan fingerprint density at radius 2 is 2.08 bits per heavy atom. The molecule has 2 unspecified atom stereocenters. The molecule has 25 heavy (non-hydrogen) atoms. The van der Waals surface area contributed by atoms with Crippen LogP contribution in [-0.4, -0.2) is 51.6 Å². The number of benzene rings is 1. The van der Waals surface area contributed by atoms with Gasteiger partial charge < -0.3 is 20.3 Å². The van der Waals surface area contributed by atoms with Crippen molar-refractivity contribution in [3.8, 4) is 5.75 Å². The summed E-state index contributed by atoms with van der Waals surface area (Å²) in [6.45, 7) is 4.98. The van der Waals surface area contributed by atoms with Crippen molar-refractivity contribution in [1.82, 2.24) is 15.5 Å². The Morgan fingerprint density at radius 1 is 1.36 bits per heavy atom. The first-order valence-corrected chi connectivity index (χ1v) is 9.29. The molecule has 0 radical (unpaired) electrons. The molecule has 0 aliphatic carbocycles. The van der Waals surface area contributed by atoms with E-state index in [0.29, 0.717) is 24.8 Å². The highest BCUT2D eigenvalue weighted by Gasteiger charge is 2.23. The van der Waals surface area contributed by atoms with Crippen molar-refractivity contribution in [1.29, 1.82) is 0 Å². The van der Waals surface area contributed by atoms with Gasteiger partial charge in [-0.15, -0.1) is 0 Å². The summed E-state index contributed by atoms with van der Waals surface area (Å²) in [5.74, 6) is 2.10. The van der Waals surface area contributed by atoms with Gasteiger partial charge in [-0.1, -0.05) is 19.1 Å². The number of likely N-dealkylation sites (N-methyl/N-ethyl adjacent to an activating group) is 1. The van der Waals surface area contributed by atoms with Crippen molar-refractivity contribution in [3.63, 3.8) is 0 Å². The van der Waals surface area contributed by atoms with E-state index < -0.39 is 0 Å². The Hall–Kier alpha value is -1.59. The van der Waals surface area contributed by atoms with Crippen LogP contribution in [-0.2, 0) is 4.79 Å². The molecule has 1 aromatic carbocycles. The van der Waals surface area contributed by atoms with E-state index in [1.165, 1.54) is 12.8 Å². The first kappa shape index (κ1) is 19.7. The van der Waals surface area contributed by atoms with Crippen molar-refractivity contribution in [2.75, 3.05) is 40.8 Å². The first-order valence-electron chi connectivity index (χ1n) is 9.29. The van der Waals surface area contributed by atoms with Gasteiger partial charge in [0, 0.05) is 13.0 Å². The summed E-state index contributed by atoms with van der Waals surface area (Å²) in [6.07, 6.45) is 2.97. The average Bonchev–Trinajstić information content (AvgIpc) is 2.62. The van der Waals surface area contributed by atoms with Gasteiger partial charge in [-0.3, -0.25) is 4.79 Å². The van der Waals surface area contributed by atoms with Crippen LogP contribution in [0.1, 0.15) is 37.8 Å². The topological polar surface area (TPSA) is 53.6 Å². The third kappa shape index (κ3) is 6.01. The van der Waals surface area contributed by atoms with Crippen molar-refractivity contribution < 1.29 is 9.53 Å². The maximum atomic E-state index is 12.4. The van der Waals surface area contributed by atoms with E-state index in [4.69, 9.17) is 4.74 Å². The number of hydrogen-bond acceptors (Lipinski definition) is 4. The highest BCUT2D eigenvalue weighted by atomic mass is 16.5. The van der Waals surface area contributed by atoms with Gasteiger partial charge in [-0.05, 0) is 69.6 Å². The highest BCUT2D eigenvalue weighted by Crippen LogP contribution is 2.25. The number of piperidine rings is 1. The minimum atomic E-state index is 0.133. The quantitative estimate of drug-likeness (QED) is 0.758. The van der Waals surface area contributed by atoms with Gasteiger partial charge in [0.15, 0.2) is 0 Å². The zero-order valence-electron chi connectivity index (χ0n) is 16.0. The molecule has 0 saturated carbocycles. The maximum Gasteiger partial charge on any atom is 0.220 e. The third-order valence-corrected chi connectivity index (χ3v) is 5.29. The fourth-order valence-electron chi connectivity index (χ4n) is 3.60. The lowest BCUT2D eigenvalue weighted by molar-refractivity contribution is -0.122. The van der Waals surface area contributed by atoms with E-state index in [1.807, 2.05) is 32.3 Å². The molecule has 0 spiro atoms. The summed E-state index contributed by atoms with van der Waals surface area (Å²) in [6, 6.07) is 8.18. The minimum absolute atomic E-state index is 0.133. The summed E-state index contributed by atoms with van der Waals surface area (Å²) in [4.78, 5) is 14.5. The molecule has 1 saturated heterocycles. The summed E-state index contributed by atoms with van der Waals surface area (Å²) in [7, 11) is 5.75. The molecule has 5 heteroatoms. The number of nitrogens with one attached hydrogen (secondary N) is 2. The van der Waals surface area contributed by atoms with Gasteiger partial charge in [0.2, 0.25) is 5.91 Å². The second-order valence-electron chi connectivity index (χ2n) is 7.33. The van der Waals surface area contributed by atoms with Gasteiger partial charge in [0.25, 0.3) is 0 Å². The highest BCUT2D eigenvalue weighted by molar-refractivity contribution is 5.76. The zero-order valence-corrected chi connectivity index (χ0v) is 16.0. The molecule has 140 valence electrons. The standard InChI is InChI=1S/C20H33N3O2/c1-15(16-8-10-21-11-9-16)12-20(24)22-14-19(23(2)3)17-6-5-7-18(13-17)25-4/h5-7,13,15-16,19,21H,8-12,14H2,1-4H3,(H,22,24). The molecule has 1 aliphatic heterocycles. The van der Waals surface area contributed by atoms with Crippen molar-refractivity contribution in [2.45, 2.75) is 32.2 Å². The van der Waals surface area contributed by atoms with E-state index in [1.54, 1.807) is 7.11 Å². The lowest BCUT2D eigenvalue weighted by atomic mass is 9.84. The van der Waals surface area contributed by atoms with Crippen molar-refractivity contribution in [3.05, 3.63) is 29.8 Å². The van der Waals surface area contributed by atoms with E-state index in [2.05, 4.69) is 28.5 Å². The molecule has 1 aromatic rings. The minimum Gasteiger partial charge on any atom is -0.497 e. The molecule has 0 aromatic heterocycles. The number of hydrogen-bond donors (Lipinski definition) is 2. The Morgan fingerprint density at radius 3 is 2.72 bits per heavy atom. The number of amides is 1. The van der Waals surface area contributed by atoms with Crippen LogP contribution in [0.4, 0.5) is 0 Å². The van der Waals surface area contributed by atoms with Crippen LogP contribution in [0.25, 0.3) is 0 Å². The lowest BCUT2D eigenvalue weighted by Gasteiger charge is -2.29. The van der Waals surface area contributed by atoms with Crippen molar-refractivity contribution in [2.24, 2.45) is 11.8 Å². The molecule has 2 N–H and O–H groups in total. The Kier molecular flexibility index (Phi) is 7.72. The molecule has 2 atom stereocenters. The van der Waals surface area contributed by atoms with Crippen LogP contribution in [0.5, 0.6) is 5.75 Å². The number of methoxy groups -OCH3 is 1. The molecule has 1 aliphatic rings. The normalized spacial score (nSPS) is 18.0. The molecule has 0 bridgehead atoms. The largest absolute Gasteiger partial charge is 0.497 e. The number of rotatable bonds is 8. The fourth-order valence-corrected chi connectivity index (χ4v) is 3.60. The van der Waals surface area contributed by atoms with Gasteiger partial charge in [0.05, 0.1) is 13.2 Å². The summed E-state index contributed by atoms with van der Waals surface area (Å²) in [5, 5.41) is 6.52.